The summed E-state index contributed by atoms with van der Waals surface area (Å²) in [6.07, 6.45) is 10.6. The van der Waals surface area contributed by atoms with Crippen molar-refractivity contribution >= 4 is 5.78 Å². The molecule has 3 rings (SSSR count). The van der Waals surface area contributed by atoms with Crippen molar-refractivity contribution in [2.45, 2.75) is 19.8 Å². The minimum absolute atomic E-state index is 0.139. The molecule has 1 aromatic rings. The highest BCUT2D eigenvalue weighted by Gasteiger charge is 2.22. The van der Waals surface area contributed by atoms with Crippen LogP contribution in [0.3, 0.4) is 0 Å². The van der Waals surface area contributed by atoms with Crippen LogP contribution in [0.1, 0.15) is 30.1 Å². The number of rotatable bonds is 6. The Morgan fingerprint density at radius 2 is 2.12 bits per heavy atom. The smallest absolute Gasteiger partial charge is 0.231 e. The number of carbonyl (C=O) groups is 1. The maximum absolute atomic E-state index is 12.8. The Hall–Kier alpha value is -2.95. The molecule has 1 aliphatic heterocycles. The summed E-state index contributed by atoms with van der Waals surface area (Å²) in [5.74, 6) is 1.52. The molecular formula is C20H20O5. The minimum Gasteiger partial charge on any atom is -0.493 e. The van der Waals surface area contributed by atoms with Gasteiger partial charge in [-0.3, -0.25) is 4.79 Å². The van der Waals surface area contributed by atoms with Gasteiger partial charge < -0.3 is 18.9 Å². The van der Waals surface area contributed by atoms with Gasteiger partial charge in [0.15, 0.2) is 17.3 Å². The van der Waals surface area contributed by atoms with Crippen molar-refractivity contribution in [2.75, 3.05) is 13.7 Å². The second-order valence-corrected chi connectivity index (χ2v) is 5.49. The predicted molar refractivity (Wildman–Crippen MR) is 93.3 cm³/mol. The Bertz CT molecular complexity index is 783. The molecule has 130 valence electrons. The highest BCUT2D eigenvalue weighted by atomic mass is 16.5. The third-order valence-corrected chi connectivity index (χ3v) is 3.85. The number of hydrogen-bond acceptors (Lipinski definition) is 5. The zero-order chi connectivity index (χ0) is 17.6. The first-order valence-corrected chi connectivity index (χ1v) is 8.18. The molecule has 5 heteroatoms. The molecule has 0 saturated carbocycles. The number of benzene rings is 1. The first kappa shape index (κ1) is 16.9. The van der Waals surface area contributed by atoms with E-state index in [1.165, 1.54) is 12.5 Å². The normalized spacial score (nSPS) is 16.0. The molecule has 5 nitrogen and oxygen atoms in total. The van der Waals surface area contributed by atoms with E-state index in [1.54, 1.807) is 25.3 Å². The van der Waals surface area contributed by atoms with Gasteiger partial charge in [-0.05, 0) is 43.5 Å². The summed E-state index contributed by atoms with van der Waals surface area (Å²) in [7, 11) is 1.56. The predicted octanol–water partition coefficient (Wildman–Crippen LogP) is 4.28. The molecule has 1 aromatic carbocycles. The molecule has 0 spiro atoms. The molecule has 2 aliphatic rings. The van der Waals surface area contributed by atoms with Crippen molar-refractivity contribution in [1.29, 1.82) is 0 Å². The van der Waals surface area contributed by atoms with Gasteiger partial charge in [-0.15, -0.1) is 0 Å². The van der Waals surface area contributed by atoms with Crippen molar-refractivity contribution in [3.8, 4) is 11.5 Å². The molecule has 0 amide bonds. The monoisotopic (exact) mass is 340 g/mol. The zero-order valence-corrected chi connectivity index (χ0v) is 14.3. The fraction of sp³-hybridized carbons (Fsp3) is 0.250. The van der Waals surface area contributed by atoms with Gasteiger partial charge >= 0.3 is 0 Å². The lowest BCUT2D eigenvalue weighted by atomic mass is 10.0. The first-order valence-electron chi connectivity index (χ1n) is 8.18. The van der Waals surface area contributed by atoms with E-state index in [-0.39, 0.29) is 11.5 Å². The number of ether oxygens (including phenoxy) is 4. The Labute approximate surface area is 146 Å². The van der Waals surface area contributed by atoms with Gasteiger partial charge in [0, 0.05) is 5.56 Å². The van der Waals surface area contributed by atoms with Crippen LogP contribution in [-0.2, 0) is 9.47 Å². The van der Waals surface area contributed by atoms with Crippen molar-refractivity contribution in [1.82, 2.24) is 0 Å². The molecule has 0 unspecified atom stereocenters. The van der Waals surface area contributed by atoms with Gasteiger partial charge in [-0.1, -0.05) is 18.2 Å². The van der Waals surface area contributed by atoms with Gasteiger partial charge in [0.1, 0.15) is 12.5 Å². The summed E-state index contributed by atoms with van der Waals surface area (Å²) in [6, 6.07) is 5.03. The zero-order valence-electron chi connectivity index (χ0n) is 14.3. The molecule has 25 heavy (non-hydrogen) atoms. The lowest BCUT2D eigenvalue weighted by Crippen LogP contribution is -2.12. The van der Waals surface area contributed by atoms with Gasteiger partial charge in [0.05, 0.1) is 13.7 Å². The number of Topliss-reactive ketones (excluding diaryl/α,β-unsaturated/α-hetero) is 1. The summed E-state index contributed by atoms with van der Waals surface area (Å²) >= 11 is 0. The van der Waals surface area contributed by atoms with Gasteiger partial charge in [0.2, 0.25) is 11.5 Å². The van der Waals surface area contributed by atoms with Crippen molar-refractivity contribution in [3.05, 3.63) is 71.6 Å². The van der Waals surface area contributed by atoms with E-state index in [0.717, 1.165) is 18.4 Å². The number of hydrogen-bond donors (Lipinski definition) is 0. The maximum Gasteiger partial charge on any atom is 0.231 e. The van der Waals surface area contributed by atoms with Crippen LogP contribution < -0.4 is 9.47 Å². The third-order valence-electron chi connectivity index (χ3n) is 3.85. The average molecular weight is 340 g/mol. The number of ketones is 1. The summed E-state index contributed by atoms with van der Waals surface area (Å²) < 4.78 is 21.9. The van der Waals surface area contributed by atoms with Crippen LogP contribution >= 0.6 is 0 Å². The van der Waals surface area contributed by atoms with Crippen LogP contribution in [0.15, 0.2) is 66.0 Å². The maximum atomic E-state index is 12.8. The Balaban J connectivity index is 1.79. The molecule has 0 saturated heterocycles. The number of allylic oxidation sites excluding steroid dienone is 5. The summed E-state index contributed by atoms with van der Waals surface area (Å²) in [6.45, 7) is 2.35. The highest BCUT2D eigenvalue weighted by Crippen LogP contribution is 2.31. The molecule has 0 fully saturated rings. The van der Waals surface area contributed by atoms with Gasteiger partial charge in [-0.25, -0.2) is 0 Å². The third kappa shape index (κ3) is 3.76. The molecule has 0 atom stereocenters. The fourth-order valence-electron chi connectivity index (χ4n) is 2.60. The van der Waals surface area contributed by atoms with Crippen LogP contribution in [0.25, 0.3) is 0 Å². The second kappa shape index (κ2) is 7.75. The number of methoxy groups -OCH3 is 1. The topological polar surface area (TPSA) is 54.0 Å². The van der Waals surface area contributed by atoms with Crippen LogP contribution in [0, 0.1) is 0 Å². The summed E-state index contributed by atoms with van der Waals surface area (Å²) in [5.41, 5.74) is 1.45. The van der Waals surface area contributed by atoms with E-state index in [2.05, 4.69) is 6.08 Å². The Morgan fingerprint density at radius 1 is 1.24 bits per heavy atom. The van der Waals surface area contributed by atoms with Crippen molar-refractivity contribution in [3.63, 3.8) is 0 Å². The van der Waals surface area contributed by atoms with Gasteiger partial charge in [-0.2, -0.15) is 0 Å². The van der Waals surface area contributed by atoms with E-state index in [9.17, 15) is 4.79 Å². The molecule has 0 N–H and O–H groups in total. The Morgan fingerprint density at radius 3 is 2.84 bits per heavy atom. The molecular weight excluding hydrogens is 320 g/mol. The Kier molecular flexibility index (Phi) is 5.23. The quantitative estimate of drug-likeness (QED) is 0.723. The molecule has 1 aliphatic carbocycles. The minimum atomic E-state index is -0.277. The molecule has 1 heterocycles. The van der Waals surface area contributed by atoms with E-state index < -0.39 is 0 Å². The lowest BCUT2D eigenvalue weighted by molar-refractivity contribution is 0.0933. The SMILES string of the molecule is CCOc1cc(C(=O)C2=COC=C(C3=CC=CCC3)O2)ccc1OC. The van der Waals surface area contributed by atoms with Crippen LogP contribution in [-0.4, -0.2) is 19.5 Å². The lowest BCUT2D eigenvalue weighted by Gasteiger charge is -2.19. The molecule has 0 bridgehead atoms. The highest BCUT2D eigenvalue weighted by molar-refractivity contribution is 6.07. The van der Waals surface area contributed by atoms with E-state index in [1.807, 2.05) is 19.1 Å². The van der Waals surface area contributed by atoms with E-state index in [0.29, 0.717) is 29.4 Å². The van der Waals surface area contributed by atoms with Crippen LogP contribution in [0.2, 0.25) is 0 Å². The van der Waals surface area contributed by atoms with Crippen molar-refractivity contribution < 1.29 is 23.7 Å². The van der Waals surface area contributed by atoms with Crippen LogP contribution in [0.5, 0.6) is 11.5 Å². The second-order valence-electron chi connectivity index (χ2n) is 5.49. The largest absolute Gasteiger partial charge is 0.493 e. The summed E-state index contributed by atoms with van der Waals surface area (Å²) in [5, 5.41) is 0. The fourth-order valence-corrected chi connectivity index (χ4v) is 2.60. The van der Waals surface area contributed by atoms with E-state index >= 15 is 0 Å². The molecule has 0 aromatic heterocycles. The standard InChI is InChI=1S/C20H20O5/c1-3-24-17-11-15(9-10-16(17)22-2)20(21)19-13-23-12-18(25-19)14-7-5-4-6-8-14/h4-5,7,9-13H,3,6,8H2,1-2H3. The van der Waals surface area contributed by atoms with Gasteiger partial charge in [0.25, 0.3) is 0 Å². The molecule has 0 radical (unpaired) electrons. The first-order chi connectivity index (χ1) is 12.2. The average Bonchev–Trinajstić information content (AvgIpc) is 2.68. The summed E-state index contributed by atoms with van der Waals surface area (Å²) in [4.78, 5) is 12.8. The van der Waals surface area contributed by atoms with Crippen molar-refractivity contribution in [2.24, 2.45) is 0 Å². The van der Waals surface area contributed by atoms with Crippen LogP contribution in [0.4, 0.5) is 0 Å². The van der Waals surface area contributed by atoms with E-state index in [4.69, 9.17) is 18.9 Å². The number of carbonyl (C=O) groups excluding carboxylic acids is 1.